The quantitative estimate of drug-likeness (QED) is 0.485. The number of morpholine rings is 1. The molecule has 4 rings (SSSR count). The molecule has 2 aliphatic heterocycles. The van der Waals surface area contributed by atoms with Gasteiger partial charge < -0.3 is 29.7 Å². The van der Waals surface area contributed by atoms with E-state index in [1.165, 1.54) is 12.1 Å². The Kier molecular flexibility index (Phi) is 8.45. The SMILES string of the molecule is Cc1cc(F)c(NC(=O)N2CCC(C(F)(F)C(F)(F)F)C2)cc1-c1cc(OCCO)nc(N2CCOCC2)c1. The Balaban J connectivity index is 1.59. The molecule has 2 fully saturated rings. The first kappa shape index (κ1) is 28.7. The minimum atomic E-state index is -5.73. The summed E-state index contributed by atoms with van der Waals surface area (Å²) in [5.74, 6) is -7.06. The number of aliphatic hydroxyl groups is 1. The molecule has 1 atom stereocenters. The maximum atomic E-state index is 14.8. The Morgan fingerprint density at radius 3 is 2.54 bits per heavy atom. The van der Waals surface area contributed by atoms with E-state index < -0.39 is 42.8 Å². The maximum absolute atomic E-state index is 14.8. The van der Waals surface area contributed by atoms with Crippen molar-refractivity contribution in [3.05, 3.63) is 35.6 Å². The first-order valence-electron chi connectivity index (χ1n) is 12.3. The second kappa shape index (κ2) is 11.5. The largest absolute Gasteiger partial charge is 0.475 e. The van der Waals surface area contributed by atoms with Crippen molar-refractivity contribution in [2.24, 2.45) is 5.92 Å². The zero-order chi connectivity index (χ0) is 28.4. The summed E-state index contributed by atoms with van der Waals surface area (Å²) in [6.07, 6.45) is -6.27. The highest BCUT2D eigenvalue weighted by Gasteiger charge is 2.63. The number of likely N-dealkylation sites (tertiary alicyclic amines) is 1. The zero-order valence-corrected chi connectivity index (χ0v) is 21.0. The van der Waals surface area contributed by atoms with Gasteiger partial charge in [0.15, 0.2) is 0 Å². The molecule has 2 amide bonds. The molecule has 0 aliphatic carbocycles. The number of halogens is 6. The van der Waals surface area contributed by atoms with Crippen LogP contribution in [0, 0.1) is 18.7 Å². The maximum Gasteiger partial charge on any atom is 0.453 e. The van der Waals surface area contributed by atoms with Gasteiger partial charge in [0, 0.05) is 32.2 Å². The predicted molar refractivity (Wildman–Crippen MR) is 130 cm³/mol. The fourth-order valence-corrected chi connectivity index (χ4v) is 4.57. The van der Waals surface area contributed by atoms with E-state index >= 15 is 0 Å². The van der Waals surface area contributed by atoms with Gasteiger partial charge in [-0.2, -0.15) is 26.9 Å². The molecular formula is C25H28F6N4O4. The molecule has 14 heteroatoms. The van der Waals surface area contributed by atoms with Gasteiger partial charge in [-0.15, -0.1) is 0 Å². The number of rotatable bonds is 7. The average molecular weight is 563 g/mol. The highest BCUT2D eigenvalue weighted by Crippen LogP contribution is 2.44. The fraction of sp³-hybridized carbons (Fsp3) is 0.520. The van der Waals surface area contributed by atoms with E-state index in [1.807, 2.05) is 4.90 Å². The van der Waals surface area contributed by atoms with Gasteiger partial charge in [0.1, 0.15) is 18.2 Å². The molecule has 1 aromatic carbocycles. The summed E-state index contributed by atoms with van der Waals surface area (Å²) in [5, 5.41) is 11.5. The van der Waals surface area contributed by atoms with Crippen LogP contribution in [-0.2, 0) is 4.74 Å². The number of aliphatic hydroxyl groups excluding tert-OH is 1. The van der Waals surface area contributed by atoms with Crippen LogP contribution < -0.4 is 15.0 Å². The molecule has 3 heterocycles. The van der Waals surface area contributed by atoms with E-state index in [4.69, 9.17) is 14.6 Å². The molecule has 2 N–H and O–H groups in total. The summed E-state index contributed by atoms with van der Waals surface area (Å²) in [7, 11) is 0. The molecule has 1 aromatic heterocycles. The number of hydrogen-bond acceptors (Lipinski definition) is 6. The summed E-state index contributed by atoms with van der Waals surface area (Å²) < 4.78 is 91.5. The smallest absolute Gasteiger partial charge is 0.453 e. The lowest BCUT2D eigenvalue weighted by Crippen LogP contribution is -2.45. The number of ether oxygens (including phenoxy) is 2. The van der Waals surface area contributed by atoms with Crippen LogP contribution in [0.1, 0.15) is 12.0 Å². The number of carbonyl (C=O) groups is 1. The highest BCUT2D eigenvalue weighted by atomic mass is 19.4. The number of alkyl halides is 5. The van der Waals surface area contributed by atoms with Crippen LogP contribution in [0.3, 0.4) is 0 Å². The Labute approximate surface area is 220 Å². The van der Waals surface area contributed by atoms with Crippen molar-refractivity contribution in [3.63, 3.8) is 0 Å². The van der Waals surface area contributed by atoms with Gasteiger partial charge in [-0.25, -0.2) is 9.18 Å². The lowest BCUT2D eigenvalue weighted by atomic mass is 10.00. The number of nitrogens with zero attached hydrogens (tertiary/aromatic N) is 3. The minimum Gasteiger partial charge on any atom is -0.475 e. The number of anilines is 2. The van der Waals surface area contributed by atoms with Gasteiger partial charge in [-0.3, -0.25) is 0 Å². The van der Waals surface area contributed by atoms with E-state index in [9.17, 15) is 31.1 Å². The molecule has 39 heavy (non-hydrogen) atoms. The number of urea groups is 1. The van der Waals surface area contributed by atoms with Crippen LogP contribution in [0.4, 0.5) is 42.6 Å². The molecule has 0 spiro atoms. The monoisotopic (exact) mass is 562 g/mol. The third-order valence-electron chi connectivity index (χ3n) is 6.70. The summed E-state index contributed by atoms with van der Waals surface area (Å²) >= 11 is 0. The normalized spacial score (nSPS) is 18.4. The summed E-state index contributed by atoms with van der Waals surface area (Å²) in [5.41, 5.74) is 1.30. The molecule has 8 nitrogen and oxygen atoms in total. The average Bonchev–Trinajstić information content (AvgIpc) is 3.40. The topological polar surface area (TPSA) is 87.2 Å². The van der Waals surface area contributed by atoms with Crippen molar-refractivity contribution >= 4 is 17.5 Å². The number of carbonyl (C=O) groups excluding carboxylic acids is 1. The number of aryl methyl sites for hydroxylation is 1. The number of benzene rings is 1. The van der Waals surface area contributed by atoms with Crippen LogP contribution in [0.15, 0.2) is 24.3 Å². The Morgan fingerprint density at radius 1 is 1.15 bits per heavy atom. The lowest BCUT2D eigenvalue weighted by molar-refractivity contribution is -0.300. The molecular weight excluding hydrogens is 534 g/mol. The van der Waals surface area contributed by atoms with Gasteiger partial charge in [0.05, 0.1) is 31.4 Å². The van der Waals surface area contributed by atoms with Crippen LogP contribution in [0.2, 0.25) is 0 Å². The van der Waals surface area contributed by atoms with Crippen LogP contribution in [0.25, 0.3) is 11.1 Å². The van der Waals surface area contributed by atoms with Crippen LogP contribution >= 0.6 is 0 Å². The number of nitrogens with one attached hydrogen (secondary N) is 1. The second-order valence-electron chi connectivity index (χ2n) is 9.35. The number of aromatic nitrogens is 1. The van der Waals surface area contributed by atoms with Gasteiger partial charge in [-0.05, 0) is 48.2 Å². The summed E-state index contributed by atoms with van der Waals surface area (Å²) in [6.45, 7) is 2.39. The minimum absolute atomic E-state index is 0.00702. The van der Waals surface area contributed by atoms with E-state index in [1.54, 1.807) is 19.1 Å². The van der Waals surface area contributed by atoms with E-state index in [0.717, 1.165) is 4.90 Å². The highest BCUT2D eigenvalue weighted by molar-refractivity contribution is 5.91. The Hall–Kier alpha value is -3.26. The zero-order valence-electron chi connectivity index (χ0n) is 21.0. The summed E-state index contributed by atoms with van der Waals surface area (Å²) in [4.78, 5) is 20.0. The van der Waals surface area contributed by atoms with Crippen molar-refractivity contribution < 1.29 is 45.7 Å². The molecule has 1 unspecified atom stereocenters. The van der Waals surface area contributed by atoms with Gasteiger partial charge >= 0.3 is 18.1 Å². The standard InChI is InChI=1S/C25H28F6N4O4/c1-15-10-19(26)20(32-23(37)35-3-2-17(14-35)24(27,28)25(29,30)31)13-18(15)16-11-21(34-4-7-38-8-5-34)33-22(12-16)39-9-6-36/h10-13,17,36H,2-9,14H2,1H3,(H,32,37). The van der Waals surface area contributed by atoms with E-state index in [-0.39, 0.29) is 31.3 Å². The Bertz CT molecular complexity index is 1190. The van der Waals surface area contributed by atoms with Crippen molar-refractivity contribution in [1.29, 1.82) is 0 Å². The number of amides is 2. The van der Waals surface area contributed by atoms with Crippen molar-refractivity contribution in [2.75, 3.05) is 62.8 Å². The molecule has 2 aromatic rings. The third-order valence-corrected chi connectivity index (χ3v) is 6.70. The van der Waals surface area contributed by atoms with Gasteiger partial charge in [0.2, 0.25) is 5.88 Å². The molecule has 0 radical (unpaired) electrons. The molecule has 2 saturated heterocycles. The summed E-state index contributed by atoms with van der Waals surface area (Å²) in [6, 6.07) is 4.90. The van der Waals surface area contributed by atoms with E-state index in [0.29, 0.717) is 48.8 Å². The lowest BCUT2D eigenvalue weighted by Gasteiger charge is -2.28. The fourth-order valence-electron chi connectivity index (χ4n) is 4.57. The second-order valence-corrected chi connectivity index (χ2v) is 9.35. The van der Waals surface area contributed by atoms with Crippen molar-refractivity contribution in [2.45, 2.75) is 25.4 Å². The predicted octanol–water partition coefficient (Wildman–Crippen LogP) is 4.46. The van der Waals surface area contributed by atoms with Crippen LogP contribution in [0.5, 0.6) is 5.88 Å². The Morgan fingerprint density at radius 2 is 1.87 bits per heavy atom. The van der Waals surface area contributed by atoms with Crippen LogP contribution in [-0.4, -0.2) is 85.7 Å². The first-order valence-corrected chi connectivity index (χ1v) is 12.3. The molecule has 2 aliphatic rings. The molecule has 0 bridgehead atoms. The number of pyridine rings is 1. The number of hydrogen-bond donors (Lipinski definition) is 2. The third kappa shape index (κ3) is 6.32. The first-order chi connectivity index (χ1) is 18.4. The van der Waals surface area contributed by atoms with Gasteiger partial charge in [-0.1, -0.05) is 0 Å². The molecule has 0 saturated carbocycles. The molecule has 214 valence electrons. The van der Waals surface area contributed by atoms with Crippen molar-refractivity contribution in [1.82, 2.24) is 9.88 Å². The van der Waals surface area contributed by atoms with Gasteiger partial charge in [0.25, 0.3) is 0 Å². The van der Waals surface area contributed by atoms with E-state index in [2.05, 4.69) is 10.3 Å². The van der Waals surface area contributed by atoms with Crippen molar-refractivity contribution in [3.8, 4) is 17.0 Å².